The van der Waals surface area contributed by atoms with Crippen LogP contribution >= 0.6 is 15.9 Å². The number of hydrogen-bond donors (Lipinski definition) is 2. The van der Waals surface area contributed by atoms with Crippen LogP contribution < -0.4 is 16.0 Å². The van der Waals surface area contributed by atoms with Gasteiger partial charge in [0.2, 0.25) is 0 Å². The van der Waals surface area contributed by atoms with Crippen LogP contribution in [0, 0.1) is 11.8 Å². The van der Waals surface area contributed by atoms with Gasteiger partial charge in [0.05, 0.1) is 6.61 Å². The van der Waals surface area contributed by atoms with Gasteiger partial charge >= 0.3 is 0 Å². The summed E-state index contributed by atoms with van der Waals surface area (Å²) < 4.78 is 6.91. The van der Waals surface area contributed by atoms with Crippen LogP contribution in [0.25, 0.3) is 0 Å². The minimum absolute atomic E-state index is 0.266. The van der Waals surface area contributed by atoms with Gasteiger partial charge in [-0.25, -0.2) is 0 Å². The summed E-state index contributed by atoms with van der Waals surface area (Å²) in [5, 5.41) is 0. The number of benzene rings is 1. The molecule has 0 spiro atoms. The fraction of sp³-hybridized carbons (Fsp3) is 0.600. The molecule has 2 atom stereocenters. The van der Waals surface area contributed by atoms with E-state index in [2.05, 4.69) is 54.3 Å². The molecule has 0 saturated carbocycles. The highest BCUT2D eigenvalue weighted by Gasteiger charge is 2.24. The van der Waals surface area contributed by atoms with Crippen molar-refractivity contribution in [3.05, 3.63) is 27.7 Å². The molecule has 1 heterocycles. The maximum absolute atomic E-state index is 5.78. The summed E-state index contributed by atoms with van der Waals surface area (Å²) >= 11 is 3.59. The van der Waals surface area contributed by atoms with Crippen molar-refractivity contribution in [2.45, 2.75) is 39.7 Å². The lowest BCUT2D eigenvalue weighted by atomic mass is 9.86. The molecule has 0 radical (unpaired) electrons. The van der Waals surface area contributed by atoms with Crippen molar-refractivity contribution in [2.24, 2.45) is 17.7 Å². The summed E-state index contributed by atoms with van der Waals surface area (Å²) in [5.74, 6) is 7.92. The molecule has 4 heteroatoms. The van der Waals surface area contributed by atoms with E-state index in [0.717, 1.165) is 29.7 Å². The van der Waals surface area contributed by atoms with Crippen LogP contribution in [-0.4, -0.2) is 12.6 Å². The zero-order valence-electron chi connectivity index (χ0n) is 11.9. The smallest absolute Gasteiger partial charge is 0.125 e. The van der Waals surface area contributed by atoms with Gasteiger partial charge in [-0.3, -0.25) is 11.3 Å². The van der Waals surface area contributed by atoms with E-state index in [0.29, 0.717) is 11.8 Å². The SMILES string of the molecule is CC(C)C(C)C(Cc1cc(Br)cc2c1OCC2)NN. The largest absolute Gasteiger partial charge is 0.493 e. The Labute approximate surface area is 124 Å². The average Bonchev–Trinajstić information content (AvgIpc) is 2.82. The predicted molar refractivity (Wildman–Crippen MR) is 82.2 cm³/mol. The number of hydrazine groups is 1. The average molecular weight is 327 g/mol. The molecule has 0 amide bonds. The first kappa shape index (κ1) is 14.8. The first-order valence-corrected chi connectivity index (χ1v) is 7.72. The Morgan fingerprint density at radius 2 is 2.11 bits per heavy atom. The van der Waals surface area contributed by atoms with Crippen LogP contribution in [0.5, 0.6) is 5.75 Å². The summed E-state index contributed by atoms with van der Waals surface area (Å²) in [6, 6.07) is 4.58. The van der Waals surface area contributed by atoms with E-state index in [1.165, 1.54) is 11.1 Å². The van der Waals surface area contributed by atoms with Gasteiger partial charge < -0.3 is 4.74 Å². The Hall–Kier alpha value is -0.580. The van der Waals surface area contributed by atoms with E-state index >= 15 is 0 Å². The highest BCUT2D eigenvalue weighted by Crippen LogP contribution is 2.34. The quantitative estimate of drug-likeness (QED) is 0.645. The molecular formula is C15H23BrN2O. The molecule has 3 N–H and O–H groups in total. The fourth-order valence-corrected chi connectivity index (χ4v) is 3.15. The zero-order chi connectivity index (χ0) is 14.0. The van der Waals surface area contributed by atoms with Gasteiger partial charge in [0.15, 0.2) is 0 Å². The van der Waals surface area contributed by atoms with E-state index in [9.17, 15) is 0 Å². The Morgan fingerprint density at radius 1 is 1.37 bits per heavy atom. The molecule has 1 aliphatic rings. The minimum atomic E-state index is 0.266. The molecule has 2 rings (SSSR count). The summed E-state index contributed by atoms with van der Waals surface area (Å²) in [6.45, 7) is 7.50. The number of rotatable bonds is 5. The van der Waals surface area contributed by atoms with Crippen LogP contribution in [0.2, 0.25) is 0 Å². The monoisotopic (exact) mass is 326 g/mol. The standard InChI is InChI=1S/C15H23BrN2O/c1-9(2)10(3)14(18-17)8-12-7-13(16)6-11-4-5-19-15(11)12/h6-7,9-10,14,18H,4-5,8,17H2,1-3H3. The van der Waals surface area contributed by atoms with Crippen molar-refractivity contribution in [1.82, 2.24) is 5.43 Å². The van der Waals surface area contributed by atoms with Crippen molar-refractivity contribution < 1.29 is 4.74 Å². The van der Waals surface area contributed by atoms with Gasteiger partial charge in [-0.15, -0.1) is 0 Å². The second-order valence-electron chi connectivity index (χ2n) is 5.73. The molecule has 19 heavy (non-hydrogen) atoms. The summed E-state index contributed by atoms with van der Waals surface area (Å²) in [6.07, 6.45) is 1.90. The highest BCUT2D eigenvalue weighted by molar-refractivity contribution is 9.10. The van der Waals surface area contributed by atoms with Crippen LogP contribution in [0.1, 0.15) is 31.9 Å². The molecule has 0 aliphatic carbocycles. The van der Waals surface area contributed by atoms with Gasteiger partial charge in [0.25, 0.3) is 0 Å². The van der Waals surface area contributed by atoms with Crippen molar-refractivity contribution >= 4 is 15.9 Å². The maximum atomic E-state index is 5.78. The summed E-state index contributed by atoms with van der Waals surface area (Å²) in [4.78, 5) is 0. The van der Waals surface area contributed by atoms with E-state index in [1.807, 2.05) is 0 Å². The molecule has 106 valence electrons. The molecule has 3 nitrogen and oxygen atoms in total. The number of nitrogens with two attached hydrogens (primary N) is 1. The third-order valence-electron chi connectivity index (χ3n) is 4.17. The number of hydrogen-bond acceptors (Lipinski definition) is 3. The normalized spacial score (nSPS) is 17.2. The third kappa shape index (κ3) is 3.30. The van der Waals surface area contributed by atoms with E-state index in [4.69, 9.17) is 10.6 Å². The molecule has 0 aromatic heterocycles. The lowest BCUT2D eigenvalue weighted by molar-refractivity contribution is 0.294. The van der Waals surface area contributed by atoms with E-state index in [-0.39, 0.29) is 6.04 Å². The first-order chi connectivity index (χ1) is 9.02. The van der Waals surface area contributed by atoms with Crippen molar-refractivity contribution in [3.63, 3.8) is 0 Å². The van der Waals surface area contributed by atoms with Gasteiger partial charge in [0, 0.05) is 16.9 Å². The Kier molecular flexibility index (Phi) is 4.87. The molecule has 0 bridgehead atoms. The van der Waals surface area contributed by atoms with Crippen LogP contribution in [0.3, 0.4) is 0 Å². The van der Waals surface area contributed by atoms with Crippen LogP contribution in [0.15, 0.2) is 16.6 Å². The van der Waals surface area contributed by atoms with E-state index in [1.54, 1.807) is 0 Å². The second-order valence-corrected chi connectivity index (χ2v) is 6.65. The molecule has 0 fully saturated rings. The van der Waals surface area contributed by atoms with Gasteiger partial charge in [0.1, 0.15) is 5.75 Å². The van der Waals surface area contributed by atoms with Gasteiger partial charge in [-0.1, -0.05) is 36.7 Å². The molecule has 1 aliphatic heterocycles. The van der Waals surface area contributed by atoms with Gasteiger partial charge in [-0.2, -0.15) is 0 Å². The van der Waals surface area contributed by atoms with Gasteiger partial charge in [-0.05, 0) is 41.5 Å². The second kappa shape index (κ2) is 6.25. The maximum Gasteiger partial charge on any atom is 0.125 e. The number of halogens is 1. The topological polar surface area (TPSA) is 47.3 Å². The van der Waals surface area contributed by atoms with Crippen molar-refractivity contribution in [2.75, 3.05) is 6.61 Å². The molecule has 2 unspecified atom stereocenters. The van der Waals surface area contributed by atoms with E-state index < -0.39 is 0 Å². The number of ether oxygens (including phenoxy) is 1. The molecule has 1 aromatic carbocycles. The third-order valence-corrected chi connectivity index (χ3v) is 4.62. The Balaban J connectivity index is 2.23. The number of nitrogens with one attached hydrogen (secondary N) is 1. The van der Waals surface area contributed by atoms with Crippen LogP contribution in [0.4, 0.5) is 0 Å². The Bertz CT molecular complexity index is 448. The molecule has 0 saturated heterocycles. The molecule has 1 aromatic rings. The highest BCUT2D eigenvalue weighted by atomic mass is 79.9. The summed E-state index contributed by atoms with van der Waals surface area (Å²) in [5.41, 5.74) is 5.52. The van der Waals surface area contributed by atoms with Crippen LogP contribution in [-0.2, 0) is 12.8 Å². The van der Waals surface area contributed by atoms with Crippen molar-refractivity contribution in [1.29, 1.82) is 0 Å². The fourth-order valence-electron chi connectivity index (χ4n) is 2.60. The summed E-state index contributed by atoms with van der Waals surface area (Å²) in [7, 11) is 0. The van der Waals surface area contributed by atoms with Crippen molar-refractivity contribution in [3.8, 4) is 5.75 Å². The first-order valence-electron chi connectivity index (χ1n) is 6.93. The molecular weight excluding hydrogens is 304 g/mol. The predicted octanol–water partition coefficient (Wildman–Crippen LogP) is 3.05. The Morgan fingerprint density at radius 3 is 2.74 bits per heavy atom. The minimum Gasteiger partial charge on any atom is -0.493 e. The number of fused-ring (bicyclic) bond motifs is 1. The lowest BCUT2D eigenvalue weighted by Crippen LogP contribution is -2.43. The lowest BCUT2D eigenvalue weighted by Gasteiger charge is -2.27. The zero-order valence-corrected chi connectivity index (χ0v) is 13.5.